The van der Waals surface area contributed by atoms with Gasteiger partial charge in [0.1, 0.15) is 11.6 Å². The summed E-state index contributed by atoms with van der Waals surface area (Å²) in [6.45, 7) is 0. The van der Waals surface area contributed by atoms with Crippen molar-refractivity contribution in [2.24, 2.45) is 0 Å². The van der Waals surface area contributed by atoms with Gasteiger partial charge in [0.05, 0.1) is 12.6 Å². The Hall–Kier alpha value is -3.41. The van der Waals surface area contributed by atoms with Gasteiger partial charge in [-0.2, -0.15) is 0 Å². The van der Waals surface area contributed by atoms with Gasteiger partial charge in [-0.25, -0.2) is 9.37 Å². The molecule has 0 aliphatic carbocycles. The van der Waals surface area contributed by atoms with Crippen molar-refractivity contribution in [1.29, 1.82) is 0 Å². The topological polar surface area (TPSA) is 64.4 Å². The van der Waals surface area contributed by atoms with E-state index >= 15 is 0 Å². The summed E-state index contributed by atoms with van der Waals surface area (Å²) >= 11 is 0. The van der Waals surface area contributed by atoms with Gasteiger partial charge >= 0.3 is 0 Å². The van der Waals surface area contributed by atoms with Crippen molar-refractivity contribution in [1.82, 2.24) is 4.98 Å². The molecule has 0 saturated carbocycles. The van der Waals surface area contributed by atoms with Crippen LogP contribution in [0.3, 0.4) is 0 Å². The van der Waals surface area contributed by atoms with E-state index in [0.717, 1.165) is 10.8 Å². The summed E-state index contributed by atoms with van der Waals surface area (Å²) in [5.74, 6) is 0.0357. The number of hydrogen-bond acceptors (Lipinski definition) is 4. The number of amides is 1. The number of carbonyl (C=O) groups is 1. The largest absolute Gasteiger partial charge is 0.497 e. The molecule has 0 atom stereocenters. The molecule has 25 heavy (non-hydrogen) atoms. The molecule has 6 heteroatoms. The SMILES string of the molecule is COc1ccc2cc3cc(C(=O)Nc4ccc(F)cc4)oc3nc2c1. The molecule has 0 aliphatic rings. The molecule has 2 aromatic heterocycles. The van der Waals surface area contributed by atoms with Gasteiger partial charge in [-0.1, -0.05) is 0 Å². The Labute approximate surface area is 142 Å². The van der Waals surface area contributed by atoms with Crippen molar-refractivity contribution >= 4 is 33.6 Å². The van der Waals surface area contributed by atoms with Crippen LogP contribution in [0.1, 0.15) is 10.6 Å². The number of halogens is 1. The molecule has 1 N–H and O–H groups in total. The highest BCUT2D eigenvalue weighted by molar-refractivity contribution is 6.05. The van der Waals surface area contributed by atoms with Crippen molar-refractivity contribution in [2.45, 2.75) is 0 Å². The summed E-state index contributed by atoms with van der Waals surface area (Å²) in [6, 6.07) is 14.6. The average molecular weight is 336 g/mol. The van der Waals surface area contributed by atoms with Crippen LogP contribution in [-0.2, 0) is 0 Å². The Bertz CT molecular complexity index is 1090. The number of carbonyl (C=O) groups excluding carboxylic acids is 1. The summed E-state index contributed by atoms with van der Waals surface area (Å²) in [7, 11) is 1.59. The molecular weight excluding hydrogens is 323 g/mol. The van der Waals surface area contributed by atoms with Crippen LogP contribution in [0, 0.1) is 5.82 Å². The molecule has 1 amide bonds. The predicted molar refractivity (Wildman–Crippen MR) is 92.4 cm³/mol. The first kappa shape index (κ1) is 15.1. The van der Waals surface area contributed by atoms with Gasteiger partial charge in [-0.05, 0) is 48.5 Å². The quantitative estimate of drug-likeness (QED) is 0.603. The number of nitrogens with zero attached hydrogens (tertiary/aromatic N) is 1. The van der Waals surface area contributed by atoms with Crippen LogP contribution in [-0.4, -0.2) is 18.0 Å². The molecule has 0 fully saturated rings. The van der Waals surface area contributed by atoms with Crippen LogP contribution in [0.25, 0.3) is 22.0 Å². The highest BCUT2D eigenvalue weighted by Crippen LogP contribution is 2.26. The zero-order chi connectivity index (χ0) is 17.4. The minimum Gasteiger partial charge on any atom is -0.497 e. The average Bonchev–Trinajstić information content (AvgIpc) is 3.04. The number of anilines is 1. The van der Waals surface area contributed by atoms with E-state index in [1.54, 1.807) is 19.2 Å². The second-order valence-electron chi connectivity index (χ2n) is 5.51. The van der Waals surface area contributed by atoms with Crippen LogP contribution < -0.4 is 10.1 Å². The summed E-state index contributed by atoms with van der Waals surface area (Å²) < 4.78 is 23.7. The number of aromatic nitrogens is 1. The number of ether oxygens (including phenoxy) is 1. The van der Waals surface area contributed by atoms with Crippen LogP contribution >= 0.6 is 0 Å². The maximum Gasteiger partial charge on any atom is 0.291 e. The van der Waals surface area contributed by atoms with Crippen LogP contribution in [0.15, 0.2) is 59.0 Å². The second-order valence-corrected chi connectivity index (χ2v) is 5.51. The summed E-state index contributed by atoms with van der Waals surface area (Å²) in [6.07, 6.45) is 0. The fourth-order valence-electron chi connectivity index (χ4n) is 2.57. The van der Waals surface area contributed by atoms with Crippen molar-refractivity contribution in [3.05, 3.63) is 66.2 Å². The molecule has 5 nitrogen and oxygen atoms in total. The fraction of sp³-hybridized carbons (Fsp3) is 0.0526. The Morgan fingerprint density at radius 1 is 1.08 bits per heavy atom. The predicted octanol–water partition coefficient (Wildman–Crippen LogP) is 4.38. The first-order valence-electron chi connectivity index (χ1n) is 7.58. The number of methoxy groups -OCH3 is 1. The fourth-order valence-corrected chi connectivity index (χ4v) is 2.57. The van der Waals surface area contributed by atoms with Crippen molar-refractivity contribution in [3.8, 4) is 5.75 Å². The number of hydrogen-bond donors (Lipinski definition) is 1. The summed E-state index contributed by atoms with van der Waals surface area (Å²) in [5.41, 5.74) is 1.56. The molecule has 0 bridgehead atoms. The van der Waals surface area contributed by atoms with Gasteiger partial charge < -0.3 is 14.5 Å². The number of nitrogens with one attached hydrogen (secondary N) is 1. The van der Waals surface area contributed by atoms with Gasteiger partial charge in [0, 0.05) is 22.5 Å². The van der Waals surface area contributed by atoms with E-state index in [-0.39, 0.29) is 11.6 Å². The standard InChI is InChI=1S/C19H13FN2O3/c1-24-15-7-2-11-8-12-9-17(25-19(12)22-16(11)10-15)18(23)21-14-5-3-13(20)4-6-14/h2-10H,1H3,(H,21,23). The molecule has 2 aromatic carbocycles. The number of fused-ring (bicyclic) bond motifs is 2. The Balaban J connectivity index is 1.68. The van der Waals surface area contributed by atoms with E-state index in [1.807, 2.05) is 18.2 Å². The van der Waals surface area contributed by atoms with E-state index in [2.05, 4.69) is 10.3 Å². The van der Waals surface area contributed by atoms with Crippen LogP contribution in [0.2, 0.25) is 0 Å². The third kappa shape index (κ3) is 2.89. The van der Waals surface area contributed by atoms with Crippen molar-refractivity contribution < 1.29 is 18.3 Å². The first-order chi connectivity index (χ1) is 12.1. The van der Waals surface area contributed by atoms with E-state index < -0.39 is 5.91 Å². The molecule has 0 saturated heterocycles. The maximum absolute atomic E-state index is 12.9. The molecule has 0 unspecified atom stereocenters. The van der Waals surface area contributed by atoms with E-state index in [4.69, 9.17) is 9.15 Å². The van der Waals surface area contributed by atoms with E-state index in [1.165, 1.54) is 24.3 Å². The summed E-state index contributed by atoms with van der Waals surface area (Å²) in [4.78, 5) is 16.7. The third-order valence-electron chi connectivity index (χ3n) is 3.84. The zero-order valence-electron chi connectivity index (χ0n) is 13.2. The number of rotatable bonds is 3. The number of pyridine rings is 1. The maximum atomic E-state index is 12.9. The lowest BCUT2D eigenvalue weighted by Gasteiger charge is -2.02. The van der Waals surface area contributed by atoms with Crippen LogP contribution in [0.4, 0.5) is 10.1 Å². The molecule has 4 rings (SSSR count). The zero-order valence-corrected chi connectivity index (χ0v) is 13.2. The van der Waals surface area contributed by atoms with E-state index in [0.29, 0.717) is 22.7 Å². The second kappa shape index (κ2) is 5.90. The molecular formula is C19H13FN2O3. The minimum absolute atomic E-state index is 0.133. The van der Waals surface area contributed by atoms with Gasteiger partial charge in [-0.3, -0.25) is 4.79 Å². The van der Waals surface area contributed by atoms with Crippen molar-refractivity contribution in [2.75, 3.05) is 12.4 Å². The van der Waals surface area contributed by atoms with Crippen LogP contribution in [0.5, 0.6) is 5.75 Å². The molecule has 0 radical (unpaired) electrons. The van der Waals surface area contributed by atoms with E-state index in [9.17, 15) is 9.18 Å². The Morgan fingerprint density at radius 2 is 1.88 bits per heavy atom. The molecule has 2 heterocycles. The molecule has 124 valence electrons. The third-order valence-corrected chi connectivity index (χ3v) is 3.84. The number of furan rings is 1. The number of benzene rings is 2. The molecule has 0 spiro atoms. The lowest BCUT2D eigenvalue weighted by molar-refractivity contribution is 0.0998. The molecule has 0 aliphatic heterocycles. The Morgan fingerprint density at radius 3 is 2.64 bits per heavy atom. The highest BCUT2D eigenvalue weighted by atomic mass is 19.1. The van der Waals surface area contributed by atoms with Gasteiger partial charge in [-0.15, -0.1) is 0 Å². The lowest BCUT2D eigenvalue weighted by atomic mass is 10.2. The summed E-state index contributed by atoms with van der Waals surface area (Å²) in [5, 5.41) is 4.30. The molecule has 4 aromatic rings. The van der Waals surface area contributed by atoms with Gasteiger partial charge in [0.2, 0.25) is 5.71 Å². The normalized spacial score (nSPS) is 11.0. The van der Waals surface area contributed by atoms with Gasteiger partial charge in [0.25, 0.3) is 5.91 Å². The minimum atomic E-state index is -0.425. The Kier molecular flexibility index (Phi) is 3.57. The van der Waals surface area contributed by atoms with Gasteiger partial charge in [0.15, 0.2) is 5.76 Å². The first-order valence-corrected chi connectivity index (χ1v) is 7.58. The monoisotopic (exact) mass is 336 g/mol. The lowest BCUT2D eigenvalue weighted by Crippen LogP contribution is -2.10. The highest BCUT2D eigenvalue weighted by Gasteiger charge is 2.14. The van der Waals surface area contributed by atoms with Crippen molar-refractivity contribution in [3.63, 3.8) is 0 Å². The smallest absolute Gasteiger partial charge is 0.291 e.